The summed E-state index contributed by atoms with van der Waals surface area (Å²) < 4.78 is 28.8. The first kappa shape index (κ1) is 18.1. The van der Waals surface area contributed by atoms with Gasteiger partial charge in [-0.3, -0.25) is 4.90 Å². The number of ether oxygens (including phenoxy) is 1. The second-order valence-electron chi connectivity index (χ2n) is 4.66. The van der Waals surface area contributed by atoms with Gasteiger partial charge in [0.2, 0.25) is 0 Å². The maximum absolute atomic E-state index is 11.9. The average molecular weight is 378 g/mol. The van der Waals surface area contributed by atoms with Gasteiger partial charge in [0.15, 0.2) is 9.84 Å². The summed E-state index contributed by atoms with van der Waals surface area (Å²) in [6, 6.07) is 3.06. The van der Waals surface area contributed by atoms with Crippen LogP contribution in [0.4, 0.5) is 0 Å². The number of sulfone groups is 1. The number of halogens is 1. The lowest BCUT2D eigenvalue weighted by Crippen LogP contribution is -2.24. The van der Waals surface area contributed by atoms with Crippen molar-refractivity contribution < 1.29 is 17.9 Å². The van der Waals surface area contributed by atoms with Crippen LogP contribution in [0.25, 0.3) is 0 Å². The summed E-state index contributed by atoms with van der Waals surface area (Å²) in [5.41, 5.74) is 1.03. The highest BCUT2D eigenvalue weighted by Gasteiger charge is 2.21. The van der Waals surface area contributed by atoms with Crippen LogP contribution in [0, 0.1) is 0 Å². The first-order valence-electron chi connectivity index (χ1n) is 6.57. The Bertz CT molecular complexity index is 624. The number of methoxy groups -OCH3 is 1. The normalized spacial score (nSPS) is 11.7. The number of benzene rings is 1. The van der Waals surface area contributed by atoms with Crippen molar-refractivity contribution in [3.63, 3.8) is 0 Å². The molecule has 0 N–H and O–H groups in total. The molecule has 118 valence electrons. The molecule has 1 aromatic carbocycles. The molecule has 0 fully saturated rings. The van der Waals surface area contributed by atoms with Gasteiger partial charge in [-0.25, -0.2) is 13.2 Å². The Morgan fingerprint density at radius 1 is 1.29 bits per heavy atom. The molecule has 0 radical (unpaired) electrons. The monoisotopic (exact) mass is 377 g/mol. The summed E-state index contributed by atoms with van der Waals surface area (Å²) in [7, 11) is -2.14. The van der Waals surface area contributed by atoms with E-state index in [9.17, 15) is 13.2 Å². The van der Waals surface area contributed by atoms with Crippen molar-refractivity contribution in [1.82, 2.24) is 4.90 Å². The van der Waals surface area contributed by atoms with E-state index in [0.29, 0.717) is 11.0 Å². The molecule has 0 saturated heterocycles. The van der Waals surface area contributed by atoms with Crippen LogP contribution in [0.3, 0.4) is 0 Å². The van der Waals surface area contributed by atoms with E-state index in [2.05, 4.69) is 20.8 Å². The molecule has 0 aliphatic rings. The maximum atomic E-state index is 11.9. The summed E-state index contributed by atoms with van der Waals surface area (Å²) in [6.07, 6.45) is 1.11. The first-order chi connectivity index (χ1) is 9.74. The van der Waals surface area contributed by atoms with Crippen LogP contribution in [0.2, 0.25) is 0 Å². The third-order valence-electron chi connectivity index (χ3n) is 3.25. The van der Waals surface area contributed by atoms with Gasteiger partial charge in [0.25, 0.3) is 0 Å². The van der Waals surface area contributed by atoms with Gasteiger partial charge in [-0.15, -0.1) is 0 Å². The highest BCUT2D eigenvalue weighted by atomic mass is 79.9. The molecule has 7 heteroatoms. The molecule has 0 heterocycles. The van der Waals surface area contributed by atoms with Crippen LogP contribution in [0.1, 0.15) is 29.8 Å². The van der Waals surface area contributed by atoms with Gasteiger partial charge in [0, 0.05) is 17.3 Å². The average Bonchev–Trinajstić information content (AvgIpc) is 2.42. The predicted octanol–water partition coefficient (Wildman–Crippen LogP) is 2.48. The van der Waals surface area contributed by atoms with Gasteiger partial charge >= 0.3 is 5.97 Å². The smallest absolute Gasteiger partial charge is 0.338 e. The fourth-order valence-corrected chi connectivity index (χ4v) is 4.02. The van der Waals surface area contributed by atoms with E-state index in [1.165, 1.54) is 13.2 Å². The third kappa shape index (κ3) is 4.52. The van der Waals surface area contributed by atoms with Crippen molar-refractivity contribution in [3.8, 4) is 0 Å². The Labute approximate surface area is 134 Å². The van der Waals surface area contributed by atoms with E-state index in [1.807, 2.05) is 13.8 Å². The quantitative estimate of drug-likeness (QED) is 0.712. The molecule has 0 aliphatic heterocycles. The van der Waals surface area contributed by atoms with Gasteiger partial charge in [0.1, 0.15) is 0 Å². The molecule has 0 amide bonds. The highest BCUT2D eigenvalue weighted by molar-refractivity contribution is 9.10. The van der Waals surface area contributed by atoms with Gasteiger partial charge in [-0.1, -0.05) is 13.8 Å². The zero-order chi connectivity index (χ0) is 16.2. The van der Waals surface area contributed by atoms with Crippen LogP contribution in [-0.4, -0.2) is 45.7 Å². The van der Waals surface area contributed by atoms with Crippen molar-refractivity contribution in [1.29, 1.82) is 0 Å². The summed E-state index contributed by atoms with van der Waals surface area (Å²) in [5.74, 6) is -0.533. The lowest BCUT2D eigenvalue weighted by molar-refractivity contribution is 0.0598. The van der Waals surface area contributed by atoms with E-state index in [-0.39, 0.29) is 10.5 Å². The second-order valence-corrected chi connectivity index (χ2v) is 7.50. The fraction of sp³-hybridized carbons (Fsp3) is 0.500. The van der Waals surface area contributed by atoms with Crippen LogP contribution >= 0.6 is 15.9 Å². The number of carbonyl (C=O) groups excluding carboxylic acids is 1. The molecule has 0 aliphatic carbocycles. The summed E-state index contributed by atoms with van der Waals surface area (Å²) in [6.45, 7) is 6.29. The molecule has 0 saturated carbocycles. The van der Waals surface area contributed by atoms with E-state index in [1.54, 1.807) is 6.07 Å². The molecule has 5 nitrogen and oxygen atoms in total. The Morgan fingerprint density at radius 2 is 1.86 bits per heavy atom. The zero-order valence-corrected chi connectivity index (χ0v) is 15.0. The van der Waals surface area contributed by atoms with Crippen LogP contribution in [-0.2, 0) is 21.1 Å². The lowest BCUT2D eigenvalue weighted by atomic mass is 10.1. The molecule has 0 bridgehead atoms. The van der Waals surface area contributed by atoms with Crippen molar-refractivity contribution in [2.75, 3.05) is 26.5 Å². The van der Waals surface area contributed by atoms with Crippen LogP contribution in [0.15, 0.2) is 21.5 Å². The Hall–Kier alpha value is -0.920. The van der Waals surface area contributed by atoms with Gasteiger partial charge in [0.05, 0.1) is 17.6 Å². The Balaban J connectivity index is 3.43. The molecule has 0 atom stereocenters. The van der Waals surface area contributed by atoms with Crippen molar-refractivity contribution in [3.05, 3.63) is 27.7 Å². The molecule has 0 spiro atoms. The summed E-state index contributed by atoms with van der Waals surface area (Å²) in [5, 5.41) is 0. The molecule has 21 heavy (non-hydrogen) atoms. The molecule has 0 aromatic heterocycles. The number of carbonyl (C=O) groups is 1. The Kier molecular flexibility index (Phi) is 6.37. The van der Waals surface area contributed by atoms with Gasteiger partial charge in [-0.05, 0) is 46.7 Å². The van der Waals surface area contributed by atoms with Gasteiger partial charge < -0.3 is 4.74 Å². The number of hydrogen-bond donors (Lipinski definition) is 0. The van der Waals surface area contributed by atoms with E-state index in [4.69, 9.17) is 4.74 Å². The topological polar surface area (TPSA) is 63.7 Å². The predicted molar refractivity (Wildman–Crippen MR) is 85.2 cm³/mol. The second kappa shape index (κ2) is 7.38. The number of esters is 1. The first-order valence-corrected chi connectivity index (χ1v) is 9.26. The summed E-state index contributed by atoms with van der Waals surface area (Å²) >= 11 is 3.27. The van der Waals surface area contributed by atoms with E-state index < -0.39 is 15.8 Å². The zero-order valence-electron chi connectivity index (χ0n) is 12.6. The molecular weight excluding hydrogens is 358 g/mol. The standard InChI is InChI=1S/C14H20BrNO4S/c1-5-16(6-2)9-10-7-12(15)13(21(4,18)19)8-11(10)14(17)20-3/h7-8H,5-6,9H2,1-4H3. The van der Waals surface area contributed by atoms with Crippen LogP contribution in [0.5, 0.6) is 0 Å². The number of rotatable bonds is 6. The SMILES string of the molecule is CCN(CC)Cc1cc(Br)c(S(C)(=O)=O)cc1C(=O)OC. The fourth-order valence-electron chi connectivity index (χ4n) is 2.00. The largest absolute Gasteiger partial charge is 0.465 e. The number of hydrogen-bond acceptors (Lipinski definition) is 5. The molecule has 1 aromatic rings. The third-order valence-corrected chi connectivity index (χ3v) is 5.31. The minimum Gasteiger partial charge on any atom is -0.465 e. The number of nitrogens with zero attached hydrogens (tertiary/aromatic N) is 1. The molecule has 0 unspecified atom stereocenters. The van der Waals surface area contributed by atoms with Crippen molar-refractivity contribution >= 4 is 31.7 Å². The summed E-state index contributed by atoms with van der Waals surface area (Å²) in [4.78, 5) is 14.2. The minimum atomic E-state index is -3.42. The molecular formula is C14H20BrNO4S. The van der Waals surface area contributed by atoms with Crippen LogP contribution < -0.4 is 0 Å². The van der Waals surface area contributed by atoms with Crippen molar-refractivity contribution in [2.45, 2.75) is 25.3 Å². The minimum absolute atomic E-state index is 0.0891. The van der Waals surface area contributed by atoms with E-state index >= 15 is 0 Å². The molecule has 1 rings (SSSR count). The lowest BCUT2D eigenvalue weighted by Gasteiger charge is -2.20. The van der Waals surface area contributed by atoms with Crippen molar-refractivity contribution in [2.24, 2.45) is 0 Å². The van der Waals surface area contributed by atoms with Gasteiger partial charge in [-0.2, -0.15) is 0 Å². The van der Waals surface area contributed by atoms with E-state index in [0.717, 1.165) is 24.9 Å². The highest BCUT2D eigenvalue weighted by Crippen LogP contribution is 2.27. The Morgan fingerprint density at radius 3 is 2.29 bits per heavy atom. The maximum Gasteiger partial charge on any atom is 0.338 e.